The lowest BCUT2D eigenvalue weighted by atomic mass is 9.86. The number of nitrogens with zero attached hydrogens (tertiary/aromatic N) is 4. The Hall–Kier alpha value is -2.48. The first-order valence-electron chi connectivity index (χ1n) is 13.7. The van der Waals surface area contributed by atoms with Crippen molar-refractivity contribution in [3.8, 4) is 0 Å². The maximum absolute atomic E-state index is 5.43. The molecule has 0 radical (unpaired) electrons. The lowest BCUT2D eigenvalue weighted by Gasteiger charge is -2.30. The molecule has 0 spiro atoms. The van der Waals surface area contributed by atoms with Crippen LogP contribution in [0.4, 0.5) is 5.69 Å². The summed E-state index contributed by atoms with van der Waals surface area (Å²) in [5.41, 5.74) is 6.73. The predicted octanol–water partition coefficient (Wildman–Crippen LogP) is 4.30. The molecule has 7 nitrogen and oxygen atoms in total. The molecular weight excluding hydrogens is 448 g/mol. The number of ether oxygens (including phenoxy) is 1. The van der Waals surface area contributed by atoms with Gasteiger partial charge in [-0.25, -0.2) is 9.97 Å². The molecule has 2 aliphatic rings. The van der Waals surface area contributed by atoms with E-state index < -0.39 is 0 Å². The minimum atomic E-state index is 0.579. The molecule has 2 aromatic heterocycles. The molecule has 194 valence electrons. The zero-order valence-corrected chi connectivity index (χ0v) is 22.2. The van der Waals surface area contributed by atoms with Crippen LogP contribution in [0.5, 0.6) is 0 Å². The minimum Gasteiger partial charge on any atom is -0.382 e. The minimum absolute atomic E-state index is 0.579. The molecule has 5 rings (SSSR count). The molecular formula is C29H42N6O. The van der Waals surface area contributed by atoms with Gasteiger partial charge in [-0.1, -0.05) is 12.1 Å². The summed E-state index contributed by atoms with van der Waals surface area (Å²) in [7, 11) is 0. The van der Waals surface area contributed by atoms with Crippen LogP contribution in [0.25, 0.3) is 11.2 Å². The quantitative estimate of drug-likeness (QED) is 0.436. The van der Waals surface area contributed by atoms with Gasteiger partial charge >= 0.3 is 0 Å². The lowest BCUT2D eigenvalue weighted by molar-refractivity contribution is 0.0383. The average Bonchev–Trinajstić information content (AvgIpc) is 3.20. The number of morpholine rings is 1. The molecule has 0 bridgehead atoms. The van der Waals surface area contributed by atoms with Gasteiger partial charge in [0.25, 0.3) is 0 Å². The molecule has 3 aromatic rings. The van der Waals surface area contributed by atoms with Gasteiger partial charge in [0.15, 0.2) is 5.65 Å². The van der Waals surface area contributed by atoms with Crippen LogP contribution in [0.3, 0.4) is 0 Å². The van der Waals surface area contributed by atoms with Crippen molar-refractivity contribution in [2.75, 3.05) is 51.3 Å². The van der Waals surface area contributed by atoms with E-state index in [4.69, 9.17) is 14.7 Å². The van der Waals surface area contributed by atoms with Crippen LogP contribution >= 0.6 is 0 Å². The highest BCUT2D eigenvalue weighted by atomic mass is 16.5. The van der Waals surface area contributed by atoms with Crippen molar-refractivity contribution in [3.05, 3.63) is 53.0 Å². The zero-order valence-electron chi connectivity index (χ0n) is 22.2. The van der Waals surface area contributed by atoms with Gasteiger partial charge in [0.2, 0.25) is 0 Å². The summed E-state index contributed by atoms with van der Waals surface area (Å²) in [4.78, 5) is 12.0. The van der Waals surface area contributed by atoms with Crippen molar-refractivity contribution in [2.24, 2.45) is 5.92 Å². The Bertz CT molecular complexity index is 1130. The zero-order chi connectivity index (χ0) is 24.9. The number of hydrogen-bond donors (Lipinski definition) is 2. The summed E-state index contributed by atoms with van der Waals surface area (Å²) in [5.74, 6) is 1.82. The first-order chi connectivity index (χ1) is 17.5. The molecule has 1 aromatic carbocycles. The number of rotatable bonds is 9. The second kappa shape index (κ2) is 11.7. The van der Waals surface area contributed by atoms with E-state index in [1.807, 2.05) is 0 Å². The highest BCUT2D eigenvalue weighted by Gasteiger charge is 2.21. The summed E-state index contributed by atoms with van der Waals surface area (Å²) in [6.45, 7) is 14.4. The molecule has 0 atom stereocenters. The van der Waals surface area contributed by atoms with E-state index in [1.54, 1.807) is 0 Å². The third-order valence-corrected chi connectivity index (χ3v) is 7.87. The molecule has 2 N–H and O–H groups in total. The van der Waals surface area contributed by atoms with Crippen molar-refractivity contribution >= 4 is 16.9 Å². The molecule has 1 saturated carbocycles. The summed E-state index contributed by atoms with van der Waals surface area (Å²) >= 11 is 0. The van der Waals surface area contributed by atoms with Crippen molar-refractivity contribution in [3.63, 3.8) is 0 Å². The van der Waals surface area contributed by atoms with Gasteiger partial charge in [-0.3, -0.25) is 4.90 Å². The van der Waals surface area contributed by atoms with Crippen LogP contribution in [0.1, 0.15) is 48.3 Å². The van der Waals surface area contributed by atoms with Gasteiger partial charge in [-0.15, -0.1) is 0 Å². The van der Waals surface area contributed by atoms with E-state index in [1.165, 1.54) is 42.5 Å². The number of anilines is 1. The average molecular weight is 491 g/mol. The number of aromatic nitrogens is 3. The number of benzene rings is 1. The molecule has 2 fully saturated rings. The summed E-state index contributed by atoms with van der Waals surface area (Å²) < 4.78 is 7.66. The standard InChI is InChI=1S/C29H42N6O/c1-21-18-22(2)31-29-28(21)32-23(3)35(29)20-25-6-10-27(11-7-25)33-26-8-4-24(5-9-26)19-30-12-13-34-14-16-36-17-15-34/h6-7,10-11,18,24,26,30,33H,4-5,8-9,12-17,19-20H2,1-3H3. The van der Waals surface area contributed by atoms with E-state index >= 15 is 0 Å². The Morgan fingerprint density at radius 3 is 2.47 bits per heavy atom. The fourth-order valence-electron chi connectivity index (χ4n) is 5.71. The van der Waals surface area contributed by atoms with Gasteiger partial charge in [-0.2, -0.15) is 0 Å². The van der Waals surface area contributed by atoms with Crippen molar-refractivity contribution in [1.82, 2.24) is 24.8 Å². The number of imidazole rings is 1. The topological polar surface area (TPSA) is 67.2 Å². The third kappa shape index (κ3) is 6.25. The van der Waals surface area contributed by atoms with E-state index in [0.29, 0.717) is 6.04 Å². The maximum atomic E-state index is 5.43. The van der Waals surface area contributed by atoms with Gasteiger partial charge in [0.1, 0.15) is 11.3 Å². The highest BCUT2D eigenvalue weighted by Crippen LogP contribution is 2.27. The van der Waals surface area contributed by atoms with Crippen molar-refractivity contribution in [1.29, 1.82) is 0 Å². The molecule has 0 amide bonds. The Labute approximate surface area is 215 Å². The highest BCUT2D eigenvalue weighted by molar-refractivity contribution is 5.76. The lowest BCUT2D eigenvalue weighted by Crippen LogP contribution is -2.41. The number of pyridine rings is 1. The van der Waals surface area contributed by atoms with Crippen LogP contribution in [-0.2, 0) is 11.3 Å². The summed E-state index contributed by atoms with van der Waals surface area (Å²) in [5, 5.41) is 7.48. The molecule has 1 aliphatic carbocycles. The Morgan fingerprint density at radius 2 is 1.72 bits per heavy atom. The molecule has 36 heavy (non-hydrogen) atoms. The number of fused-ring (bicyclic) bond motifs is 1. The largest absolute Gasteiger partial charge is 0.382 e. The molecule has 0 unspecified atom stereocenters. The Morgan fingerprint density at radius 1 is 0.972 bits per heavy atom. The van der Waals surface area contributed by atoms with Crippen molar-refractivity contribution in [2.45, 2.75) is 59.0 Å². The van der Waals surface area contributed by atoms with E-state index in [2.05, 4.69) is 71.2 Å². The van der Waals surface area contributed by atoms with Crippen molar-refractivity contribution < 1.29 is 4.74 Å². The van der Waals surface area contributed by atoms with E-state index in [-0.39, 0.29) is 0 Å². The summed E-state index contributed by atoms with van der Waals surface area (Å²) in [6, 6.07) is 11.6. The van der Waals surface area contributed by atoms with Gasteiger partial charge in [0, 0.05) is 43.6 Å². The van der Waals surface area contributed by atoms with Gasteiger partial charge < -0.3 is 19.9 Å². The number of hydrogen-bond acceptors (Lipinski definition) is 6. The first kappa shape index (κ1) is 25.2. The second-order valence-corrected chi connectivity index (χ2v) is 10.7. The second-order valence-electron chi connectivity index (χ2n) is 10.7. The number of nitrogens with one attached hydrogen (secondary N) is 2. The smallest absolute Gasteiger partial charge is 0.160 e. The Kier molecular flexibility index (Phi) is 8.19. The molecule has 1 saturated heterocycles. The van der Waals surface area contributed by atoms with Crippen LogP contribution < -0.4 is 10.6 Å². The normalized spacial score (nSPS) is 21.2. The van der Waals surface area contributed by atoms with Gasteiger partial charge in [-0.05, 0) is 88.2 Å². The SMILES string of the molecule is Cc1cc(C)c2nc(C)n(Cc3ccc(NC4CCC(CNCCN5CCOCC5)CC4)cc3)c2n1. The Balaban J connectivity index is 1.07. The molecule has 1 aliphatic heterocycles. The van der Waals surface area contributed by atoms with Gasteiger partial charge in [0.05, 0.1) is 19.8 Å². The summed E-state index contributed by atoms with van der Waals surface area (Å²) in [6.07, 6.45) is 5.11. The fourth-order valence-corrected chi connectivity index (χ4v) is 5.71. The van der Waals surface area contributed by atoms with Crippen LogP contribution in [0.15, 0.2) is 30.3 Å². The van der Waals surface area contributed by atoms with E-state index in [0.717, 1.165) is 81.1 Å². The third-order valence-electron chi connectivity index (χ3n) is 7.87. The predicted molar refractivity (Wildman–Crippen MR) is 147 cm³/mol. The van der Waals surface area contributed by atoms with Crippen LogP contribution in [0, 0.1) is 26.7 Å². The maximum Gasteiger partial charge on any atom is 0.160 e. The monoisotopic (exact) mass is 490 g/mol. The number of aryl methyl sites for hydroxylation is 3. The van der Waals surface area contributed by atoms with Crippen LogP contribution in [0.2, 0.25) is 0 Å². The molecule has 7 heteroatoms. The molecule has 3 heterocycles. The fraction of sp³-hybridized carbons (Fsp3) is 0.586. The first-order valence-corrected chi connectivity index (χ1v) is 13.7. The van der Waals surface area contributed by atoms with Crippen LogP contribution in [-0.4, -0.2) is 71.4 Å². The van der Waals surface area contributed by atoms with E-state index in [9.17, 15) is 0 Å².